The van der Waals surface area contributed by atoms with Crippen molar-refractivity contribution in [2.24, 2.45) is 0 Å². The van der Waals surface area contributed by atoms with Gasteiger partial charge in [-0.3, -0.25) is 4.72 Å². The Hall–Kier alpha value is -2.09. The van der Waals surface area contributed by atoms with E-state index in [1.807, 2.05) is 19.0 Å². The monoisotopic (exact) mass is 324 g/mol. The smallest absolute Gasteiger partial charge is 0.264 e. The summed E-state index contributed by atoms with van der Waals surface area (Å²) in [5.74, 6) is -1.91. The zero-order chi connectivity index (χ0) is 16.5. The first kappa shape index (κ1) is 16.3. The maximum absolute atomic E-state index is 13.7. The summed E-state index contributed by atoms with van der Waals surface area (Å²) in [6, 6.07) is 8.14. The Morgan fingerprint density at radius 1 is 1.05 bits per heavy atom. The minimum Gasteiger partial charge on any atom is -0.378 e. The van der Waals surface area contributed by atoms with Crippen LogP contribution in [-0.4, -0.2) is 30.4 Å². The van der Waals surface area contributed by atoms with E-state index in [1.54, 1.807) is 24.3 Å². The zero-order valence-corrected chi connectivity index (χ0v) is 13.2. The van der Waals surface area contributed by atoms with Gasteiger partial charge in [0.2, 0.25) is 0 Å². The van der Waals surface area contributed by atoms with Crippen LogP contribution < -0.4 is 15.1 Å². The van der Waals surface area contributed by atoms with Gasteiger partial charge in [-0.15, -0.1) is 0 Å². The highest BCUT2D eigenvalue weighted by Gasteiger charge is 2.21. The first-order valence-electron chi connectivity index (χ1n) is 6.46. The average Bonchev–Trinajstić information content (AvgIpc) is 2.42. The van der Waals surface area contributed by atoms with E-state index in [1.165, 1.54) is 7.85 Å². The highest BCUT2D eigenvalue weighted by molar-refractivity contribution is 7.92. The number of benzene rings is 2. The molecular formula is C14H15BF2N2O2S. The molecule has 22 heavy (non-hydrogen) atoms. The van der Waals surface area contributed by atoms with Crippen molar-refractivity contribution in [3.63, 3.8) is 0 Å². The normalized spacial score (nSPS) is 11.3. The van der Waals surface area contributed by atoms with Gasteiger partial charge in [-0.2, -0.15) is 0 Å². The molecule has 8 heteroatoms. The quantitative estimate of drug-likeness (QED) is 0.857. The molecule has 116 valence electrons. The molecule has 0 radical (unpaired) electrons. The molecule has 0 saturated heterocycles. The number of halogens is 2. The van der Waals surface area contributed by atoms with Crippen LogP contribution in [0.15, 0.2) is 41.3 Å². The lowest BCUT2D eigenvalue weighted by Crippen LogP contribution is -2.19. The number of nitrogens with one attached hydrogen (secondary N) is 1. The summed E-state index contributed by atoms with van der Waals surface area (Å²) in [4.78, 5) is 1.28. The third-order valence-corrected chi connectivity index (χ3v) is 4.53. The first-order valence-corrected chi connectivity index (χ1v) is 7.95. The third kappa shape index (κ3) is 3.38. The van der Waals surface area contributed by atoms with Crippen LogP contribution >= 0.6 is 0 Å². The zero-order valence-electron chi connectivity index (χ0n) is 12.4. The van der Waals surface area contributed by atoms with Crippen molar-refractivity contribution in [3.05, 3.63) is 48.0 Å². The van der Waals surface area contributed by atoms with E-state index >= 15 is 0 Å². The minimum absolute atomic E-state index is 0.0599. The number of nitrogens with zero attached hydrogens (tertiary/aromatic N) is 1. The van der Waals surface area contributed by atoms with Gasteiger partial charge in [0.15, 0.2) is 0 Å². The molecule has 0 amide bonds. The predicted octanol–water partition coefficient (Wildman–Crippen LogP) is 1.09. The molecule has 0 aliphatic carbocycles. The lowest BCUT2D eigenvalue weighted by molar-refractivity contribution is 0.554. The van der Waals surface area contributed by atoms with Crippen molar-refractivity contribution < 1.29 is 17.2 Å². The summed E-state index contributed by atoms with van der Waals surface area (Å²) in [5, 5.41) is 0. The third-order valence-electron chi connectivity index (χ3n) is 3.14. The maximum atomic E-state index is 13.7. The molecule has 0 unspecified atom stereocenters. The van der Waals surface area contributed by atoms with Crippen molar-refractivity contribution in [2.75, 3.05) is 23.7 Å². The second-order valence-corrected chi connectivity index (χ2v) is 6.73. The van der Waals surface area contributed by atoms with Crippen molar-refractivity contribution in [1.82, 2.24) is 0 Å². The number of rotatable bonds is 4. The predicted molar refractivity (Wildman–Crippen MR) is 86.1 cm³/mol. The standard InChI is InChI=1S/C14H15BF2N2O2S/c1-19(2)10-5-3-9(4-6-10)18-22(20,21)14-7-11(15)12(16)8-13(14)17/h3-8,18H,15H2,1-2H3. The highest BCUT2D eigenvalue weighted by Crippen LogP contribution is 2.21. The van der Waals surface area contributed by atoms with Crippen LogP contribution in [0.3, 0.4) is 0 Å². The van der Waals surface area contributed by atoms with Crippen LogP contribution in [0.25, 0.3) is 0 Å². The molecule has 0 aromatic heterocycles. The Balaban J connectivity index is 2.33. The fraction of sp³-hybridized carbons (Fsp3) is 0.143. The maximum Gasteiger partial charge on any atom is 0.264 e. The summed E-state index contributed by atoms with van der Waals surface area (Å²) >= 11 is 0. The van der Waals surface area contributed by atoms with Crippen molar-refractivity contribution in [3.8, 4) is 0 Å². The molecule has 1 N–H and O–H groups in total. The lowest BCUT2D eigenvalue weighted by atomic mass is 9.96. The van der Waals surface area contributed by atoms with Crippen LogP contribution in [0.1, 0.15) is 0 Å². The van der Waals surface area contributed by atoms with E-state index < -0.39 is 26.6 Å². The molecular weight excluding hydrogens is 309 g/mol. The first-order chi connectivity index (χ1) is 10.2. The van der Waals surface area contributed by atoms with E-state index in [4.69, 9.17) is 0 Å². The van der Waals surface area contributed by atoms with Gasteiger partial charge in [0.25, 0.3) is 10.0 Å². The van der Waals surface area contributed by atoms with Gasteiger partial charge < -0.3 is 4.90 Å². The minimum atomic E-state index is -4.12. The Morgan fingerprint density at radius 2 is 1.64 bits per heavy atom. The van der Waals surface area contributed by atoms with Crippen LogP contribution in [0.5, 0.6) is 0 Å². The van der Waals surface area contributed by atoms with Crippen LogP contribution in [0, 0.1) is 11.6 Å². The van der Waals surface area contributed by atoms with Crippen LogP contribution in [-0.2, 0) is 10.0 Å². The van der Waals surface area contributed by atoms with Crippen LogP contribution in [0.4, 0.5) is 20.2 Å². The van der Waals surface area contributed by atoms with Gasteiger partial charge in [-0.1, -0.05) is 5.46 Å². The summed E-state index contributed by atoms with van der Waals surface area (Å²) in [6.45, 7) is 0. The van der Waals surface area contributed by atoms with E-state index in [9.17, 15) is 17.2 Å². The Bertz CT molecular complexity index is 793. The summed E-state index contributed by atoms with van der Waals surface area (Å²) in [5.41, 5.74) is 1.25. The molecule has 2 rings (SSSR count). The van der Waals surface area contributed by atoms with Gasteiger partial charge in [0.05, 0.1) is 0 Å². The topological polar surface area (TPSA) is 49.4 Å². The van der Waals surface area contributed by atoms with E-state index in [0.717, 1.165) is 11.8 Å². The fourth-order valence-corrected chi connectivity index (χ4v) is 3.08. The molecule has 4 nitrogen and oxygen atoms in total. The van der Waals surface area contributed by atoms with Gasteiger partial charge >= 0.3 is 0 Å². The van der Waals surface area contributed by atoms with Gasteiger partial charge in [0.1, 0.15) is 24.4 Å². The summed E-state index contributed by atoms with van der Waals surface area (Å²) in [6.07, 6.45) is 0. The van der Waals surface area contributed by atoms with Gasteiger partial charge in [-0.05, 0) is 30.3 Å². The Kier molecular flexibility index (Phi) is 4.41. The number of hydrogen-bond acceptors (Lipinski definition) is 3. The summed E-state index contributed by atoms with van der Waals surface area (Å²) in [7, 11) is 0.967. The molecule has 0 heterocycles. The molecule has 0 saturated carbocycles. The lowest BCUT2D eigenvalue weighted by Gasteiger charge is -2.14. The number of sulfonamides is 1. The second-order valence-electron chi connectivity index (χ2n) is 5.08. The molecule has 0 atom stereocenters. The Morgan fingerprint density at radius 3 is 2.18 bits per heavy atom. The van der Waals surface area contributed by atoms with Crippen molar-refractivity contribution >= 4 is 34.7 Å². The molecule has 0 bridgehead atoms. The molecule has 0 fully saturated rings. The number of anilines is 2. The molecule has 2 aromatic rings. The molecule has 0 aliphatic rings. The molecule has 0 spiro atoms. The largest absolute Gasteiger partial charge is 0.378 e. The molecule has 2 aromatic carbocycles. The number of hydrogen-bond donors (Lipinski definition) is 1. The molecule has 0 aliphatic heterocycles. The van der Waals surface area contributed by atoms with E-state index in [2.05, 4.69) is 4.72 Å². The summed E-state index contributed by atoms with van der Waals surface area (Å²) < 4.78 is 53.7. The van der Waals surface area contributed by atoms with Gasteiger partial charge in [0, 0.05) is 31.5 Å². The SMILES string of the molecule is Bc1cc(S(=O)(=O)Nc2ccc(N(C)C)cc2)c(F)cc1F. The average molecular weight is 324 g/mol. The van der Waals surface area contributed by atoms with Gasteiger partial charge in [-0.25, -0.2) is 17.2 Å². The van der Waals surface area contributed by atoms with Crippen molar-refractivity contribution in [2.45, 2.75) is 4.90 Å². The van der Waals surface area contributed by atoms with Crippen LogP contribution in [0.2, 0.25) is 0 Å². The van der Waals surface area contributed by atoms with E-state index in [0.29, 0.717) is 11.8 Å². The van der Waals surface area contributed by atoms with Crippen molar-refractivity contribution in [1.29, 1.82) is 0 Å². The Labute approximate surface area is 129 Å². The highest BCUT2D eigenvalue weighted by atomic mass is 32.2. The second kappa shape index (κ2) is 5.96. The fourth-order valence-electron chi connectivity index (χ4n) is 1.87. The van der Waals surface area contributed by atoms with E-state index in [-0.39, 0.29) is 5.46 Å².